The van der Waals surface area contributed by atoms with Gasteiger partial charge in [-0.1, -0.05) is 38.1 Å². The van der Waals surface area contributed by atoms with Crippen molar-refractivity contribution in [3.63, 3.8) is 0 Å². The number of rotatable bonds is 2. The van der Waals surface area contributed by atoms with E-state index in [1.165, 1.54) is 5.56 Å². The lowest BCUT2D eigenvalue weighted by Gasteiger charge is -2.24. The number of nitrogens with one attached hydrogen (secondary N) is 2. The molecule has 1 aliphatic heterocycles. The van der Waals surface area contributed by atoms with E-state index in [-0.39, 0.29) is 11.9 Å². The fourth-order valence-electron chi connectivity index (χ4n) is 1.94. The molecule has 1 amide bonds. The van der Waals surface area contributed by atoms with Gasteiger partial charge in [-0.05, 0) is 17.0 Å². The molecule has 1 aromatic carbocycles. The summed E-state index contributed by atoms with van der Waals surface area (Å²) in [7, 11) is 0. The molecule has 16 heavy (non-hydrogen) atoms. The van der Waals surface area contributed by atoms with Gasteiger partial charge < -0.3 is 10.6 Å². The highest BCUT2D eigenvalue weighted by atomic mass is 16.2. The van der Waals surface area contributed by atoms with Crippen LogP contribution in [0.1, 0.15) is 36.9 Å². The van der Waals surface area contributed by atoms with Gasteiger partial charge >= 0.3 is 0 Å². The lowest BCUT2D eigenvalue weighted by atomic mass is 9.98. The molecule has 0 spiro atoms. The van der Waals surface area contributed by atoms with Crippen LogP contribution in [-0.4, -0.2) is 19.0 Å². The topological polar surface area (TPSA) is 41.1 Å². The minimum atomic E-state index is -0.185. The molecule has 3 heteroatoms. The zero-order valence-corrected chi connectivity index (χ0v) is 9.79. The second-order valence-corrected chi connectivity index (χ2v) is 4.50. The Morgan fingerprint density at radius 2 is 1.88 bits per heavy atom. The van der Waals surface area contributed by atoms with Crippen LogP contribution in [0.5, 0.6) is 0 Å². The molecule has 0 aliphatic carbocycles. The van der Waals surface area contributed by atoms with Crippen LogP contribution in [0.3, 0.4) is 0 Å². The zero-order chi connectivity index (χ0) is 11.5. The summed E-state index contributed by atoms with van der Waals surface area (Å²) in [4.78, 5) is 11.6. The molecule has 0 aromatic heterocycles. The second-order valence-electron chi connectivity index (χ2n) is 4.50. The van der Waals surface area contributed by atoms with E-state index in [1.807, 2.05) is 12.1 Å². The van der Waals surface area contributed by atoms with Crippen molar-refractivity contribution < 1.29 is 4.79 Å². The average Bonchev–Trinajstić information content (AvgIpc) is 2.30. The van der Waals surface area contributed by atoms with E-state index in [1.54, 1.807) is 0 Å². The zero-order valence-electron chi connectivity index (χ0n) is 9.79. The predicted octanol–water partition coefficient (Wildman–Crippen LogP) is 1.57. The molecular weight excluding hydrogens is 200 g/mol. The quantitative estimate of drug-likeness (QED) is 0.791. The first kappa shape index (κ1) is 11.1. The third-order valence-corrected chi connectivity index (χ3v) is 2.97. The molecule has 1 saturated heterocycles. The lowest BCUT2D eigenvalue weighted by Crippen LogP contribution is -2.47. The summed E-state index contributed by atoms with van der Waals surface area (Å²) in [5, 5.41) is 6.09. The van der Waals surface area contributed by atoms with Crippen LogP contribution in [-0.2, 0) is 4.79 Å². The third-order valence-electron chi connectivity index (χ3n) is 2.97. The monoisotopic (exact) mass is 218 g/mol. The predicted molar refractivity (Wildman–Crippen MR) is 64.3 cm³/mol. The normalized spacial score (nSPS) is 20.9. The van der Waals surface area contributed by atoms with E-state index < -0.39 is 0 Å². The summed E-state index contributed by atoms with van der Waals surface area (Å²) >= 11 is 0. The Kier molecular flexibility index (Phi) is 3.25. The van der Waals surface area contributed by atoms with Crippen molar-refractivity contribution in [1.82, 2.24) is 10.6 Å². The highest BCUT2D eigenvalue weighted by molar-refractivity contribution is 5.83. The van der Waals surface area contributed by atoms with Crippen molar-refractivity contribution in [2.45, 2.75) is 25.8 Å². The third kappa shape index (κ3) is 2.25. The molecule has 0 bridgehead atoms. The van der Waals surface area contributed by atoms with Crippen molar-refractivity contribution in [3.8, 4) is 0 Å². The Morgan fingerprint density at radius 3 is 2.44 bits per heavy atom. The van der Waals surface area contributed by atoms with Gasteiger partial charge in [0.1, 0.15) is 6.04 Å². The van der Waals surface area contributed by atoms with Gasteiger partial charge in [-0.3, -0.25) is 4.79 Å². The Balaban J connectivity index is 2.17. The summed E-state index contributed by atoms with van der Waals surface area (Å²) in [6.07, 6.45) is 0. The Hall–Kier alpha value is -1.35. The molecule has 0 radical (unpaired) electrons. The number of amides is 1. The van der Waals surface area contributed by atoms with E-state index >= 15 is 0 Å². The first-order chi connectivity index (χ1) is 7.68. The van der Waals surface area contributed by atoms with Gasteiger partial charge in [-0.2, -0.15) is 0 Å². The van der Waals surface area contributed by atoms with Crippen LogP contribution in [0, 0.1) is 0 Å². The molecule has 1 heterocycles. The van der Waals surface area contributed by atoms with E-state index in [9.17, 15) is 4.79 Å². The summed E-state index contributed by atoms with van der Waals surface area (Å²) in [6, 6.07) is 8.10. The van der Waals surface area contributed by atoms with Gasteiger partial charge in [-0.25, -0.2) is 0 Å². The van der Waals surface area contributed by atoms with Crippen molar-refractivity contribution in [1.29, 1.82) is 0 Å². The molecule has 2 rings (SSSR count). The van der Waals surface area contributed by atoms with E-state index in [2.05, 4.69) is 36.6 Å². The van der Waals surface area contributed by atoms with Gasteiger partial charge in [0.15, 0.2) is 0 Å². The standard InChI is InChI=1S/C13H18N2O/c1-9(2)10-3-5-11(6-4-10)12-13(16)15-8-7-14-12/h3-6,9,12,14H,7-8H2,1-2H3,(H,15,16)/t12-/m1/s1. The molecule has 1 fully saturated rings. The molecule has 86 valence electrons. The van der Waals surface area contributed by atoms with Gasteiger partial charge in [0.25, 0.3) is 0 Å². The Morgan fingerprint density at radius 1 is 1.19 bits per heavy atom. The van der Waals surface area contributed by atoms with Gasteiger partial charge in [0, 0.05) is 13.1 Å². The Labute approximate surface area is 96.2 Å². The van der Waals surface area contributed by atoms with Gasteiger partial charge in [0.2, 0.25) is 5.91 Å². The number of hydrogen-bond donors (Lipinski definition) is 2. The first-order valence-electron chi connectivity index (χ1n) is 5.79. The molecule has 1 atom stereocenters. The molecule has 1 aliphatic rings. The van der Waals surface area contributed by atoms with Gasteiger partial charge in [-0.15, -0.1) is 0 Å². The molecule has 1 aromatic rings. The minimum Gasteiger partial charge on any atom is -0.353 e. The van der Waals surface area contributed by atoms with Crippen LogP contribution in [0.15, 0.2) is 24.3 Å². The number of hydrogen-bond acceptors (Lipinski definition) is 2. The van der Waals surface area contributed by atoms with Crippen LogP contribution < -0.4 is 10.6 Å². The summed E-state index contributed by atoms with van der Waals surface area (Å²) in [5.41, 5.74) is 2.35. The number of piperazine rings is 1. The fourth-order valence-corrected chi connectivity index (χ4v) is 1.94. The average molecular weight is 218 g/mol. The second kappa shape index (κ2) is 4.66. The molecular formula is C13H18N2O. The van der Waals surface area contributed by atoms with Crippen molar-refractivity contribution >= 4 is 5.91 Å². The molecule has 0 unspecified atom stereocenters. The van der Waals surface area contributed by atoms with Crippen LogP contribution in [0.2, 0.25) is 0 Å². The number of benzene rings is 1. The largest absolute Gasteiger partial charge is 0.353 e. The van der Waals surface area contributed by atoms with Crippen LogP contribution in [0.25, 0.3) is 0 Å². The van der Waals surface area contributed by atoms with E-state index in [4.69, 9.17) is 0 Å². The highest BCUT2D eigenvalue weighted by Gasteiger charge is 2.22. The van der Waals surface area contributed by atoms with Crippen LogP contribution in [0.4, 0.5) is 0 Å². The molecule has 2 N–H and O–H groups in total. The summed E-state index contributed by atoms with van der Waals surface area (Å²) in [5.74, 6) is 0.603. The maximum atomic E-state index is 11.6. The van der Waals surface area contributed by atoms with Crippen molar-refractivity contribution in [2.75, 3.05) is 13.1 Å². The van der Waals surface area contributed by atoms with Crippen molar-refractivity contribution in [3.05, 3.63) is 35.4 Å². The molecule has 3 nitrogen and oxygen atoms in total. The maximum absolute atomic E-state index is 11.6. The summed E-state index contributed by atoms with van der Waals surface area (Å²) in [6.45, 7) is 5.89. The number of carbonyl (C=O) groups is 1. The molecule has 0 saturated carbocycles. The maximum Gasteiger partial charge on any atom is 0.241 e. The minimum absolute atomic E-state index is 0.0727. The van der Waals surface area contributed by atoms with Crippen LogP contribution >= 0.6 is 0 Å². The fraction of sp³-hybridized carbons (Fsp3) is 0.462. The van der Waals surface area contributed by atoms with Crippen molar-refractivity contribution in [2.24, 2.45) is 0 Å². The van der Waals surface area contributed by atoms with E-state index in [0.29, 0.717) is 5.92 Å². The lowest BCUT2D eigenvalue weighted by molar-refractivity contribution is -0.124. The van der Waals surface area contributed by atoms with E-state index in [0.717, 1.165) is 18.7 Å². The first-order valence-corrected chi connectivity index (χ1v) is 5.79. The Bertz CT molecular complexity index is 370. The summed E-state index contributed by atoms with van der Waals surface area (Å²) < 4.78 is 0. The number of carbonyl (C=O) groups excluding carboxylic acids is 1. The SMILES string of the molecule is CC(C)c1ccc([C@H]2NCCNC2=O)cc1. The van der Waals surface area contributed by atoms with Gasteiger partial charge in [0.05, 0.1) is 0 Å². The highest BCUT2D eigenvalue weighted by Crippen LogP contribution is 2.19. The smallest absolute Gasteiger partial charge is 0.241 e.